The van der Waals surface area contributed by atoms with E-state index in [9.17, 15) is 13.2 Å². The van der Waals surface area contributed by atoms with Crippen molar-refractivity contribution in [2.45, 2.75) is 44.6 Å². The molecule has 2 atom stereocenters. The minimum atomic E-state index is -3.85. The summed E-state index contributed by atoms with van der Waals surface area (Å²) < 4.78 is 32.4. The molecule has 0 aromatic carbocycles. The smallest absolute Gasteiger partial charge is 0.246 e. The quantitative estimate of drug-likeness (QED) is 0.763. The van der Waals surface area contributed by atoms with Crippen LogP contribution in [-0.4, -0.2) is 57.1 Å². The highest BCUT2D eigenvalue weighted by atomic mass is 32.2. The molecule has 0 spiro atoms. The number of aromatic nitrogens is 1. The zero-order chi connectivity index (χ0) is 17.9. The number of piperidine rings is 1. The second kappa shape index (κ2) is 7.62. The topological polar surface area (TPSA) is 105 Å². The molecule has 24 heavy (non-hydrogen) atoms. The highest BCUT2D eigenvalue weighted by Crippen LogP contribution is 2.20. The van der Waals surface area contributed by atoms with E-state index in [1.54, 1.807) is 18.7 Å². The summed E-state index contributed by atoms with van der Waals surface area (Å²) in [6, 6.07) is -0.836. The van der Waals surface area contributed by atoms with Crippen LogP contribution in [-0.2, 0) is 14.8 Å². The van der Waals surface area contributed by atoms with Crippen LogP contribution in [0.3, 0.4) is 0 Å². The van der Waals surface area contributed by atoms with Gasteiger partial charge in [-0.2, -0.15) is 4.72 Å². The number of nitrogens with one attached hydrogen (secondary N) is 2. The molecule has 1 aromatic rings. The SMILES string of the molecule is CNCC1CCCN(C(=O)C(C)NS(=O)(=O)c2c(C)noc2C)C1. The van der Waals surface area contributed by atoms with Crippen LogP contribution in [0.1, 0.15) is 31.2 Å². The van der Waals surface area contributed by atoms with Gasteiger partial charge in [0.25, 0.3) is 0 Å². The zero-order valence-electron chi connectivity index (χ0n) is 14.6. The van der Waals surface area contributed by atoms with Crippen LogP contribution < -0.4 is 10.0 Å². The van der Waals surface area contributed by atoms with Crippen molar-refractivity contribution in [1.82, 2.24) is 20.1 Å². The minimum Gasteiger partial charge on any atom is -0.360 e. The maximum atomic E-state index is 12.6. The summed E-state index contributed by atoms with van der Waals surface area (Å²) >= 11 is 0. The highest BCUT2D eigenvalue weighted by molar-refractivity contribution is 7.89. The number of rotatable bonds is 6. The molecular formula is C15H26N4O4S. The van der Waals surface area contributed by atoms with Gasteiger partial charge in [0.05, 0.1) is 6.04 Å². The maximum Gasteiger partial charge on any atom is 0.246 e. The Morgan fingerprint density at radius 1 is 1.46 bits per heavy atom. The van der Waals surface area contributed by atoms with Gasteiger partial charge in [0.2, 0.25) is 15.9 Å². The van der Waals surface area contributed by atoms with E-state index in [2.05, 4.69) is 15.2 Å². The molecule has 0 bridgehead atoms. The van der Waals surface area contributed by atoms with Crippen molar-refractivity contribution in [2.75, 3.05) is 26.7 Å². The number of carbonyl (C=O) groups excluding carboxylic acids is 1. The highest BCUT2D eigenvalue weighted by Gasteiger charge is 2.31. The van der Waals surface area contributed by atoms with E-state index in [4.69, 9.17) is 4.52 Å². The van der Waals surface area contributed by atoms with E-state index >= 15 is 0 Å². The first-order valence-corrected chi connectivity index (χ1v) is 9.63. The third-order valence-corrected chi connectivity index (χ3v) is 6.05. The zero-order valence-corrected chi connectivity index (χ0v) is 15.4. The molecule has 1 amide bonds. The number of sulfonamides is 1. The molecule has 1 aliphatic heterocycles. The number of amides is 1. The van der Waals surface area contributed by atoms with Gasteiger partial charge in [0, 0.05) is 13.1 Å². The van der Waals surface area contributed by atoms with Crippen LogP contribution in [0.5, 0.6) is 0 Å². The molecule has 8 nitrogen and oxygen atoms in total. The minimum absolute atomic E-state index is 0.00820. The summed E-state index contributed by atoms with van der Waals surface area (Å²) in [4.78, 5) is 14.4. The molecule has 0 aliphatic carbocycles. The molecule has 9 heteroatoms. The number of nitrogens with zero attached hydrogens (tertiary/aromatic N) is 2. The van der Waals surface area contributed by atoms with Crippen molar-refractivity contribution < 1.29 is 17.7 Å². The van der Waals surface area contributed by atoms with Crippen LogP contribution in [0.25, 0.3) is 0 Å². The van der Waals surface area contributed by atoms with Crippen molar-refractivity contribution in [1.29, 1.82) is 0 Å². The van der Waals surface area contributed by atoms with Crippen LogP contribution in [0.2, 0.25) is 0 Å². The second-order valence-electron chi connectivity index (χ2n) is 6.35. The molecule has 2 heterocycles. The van der Waals surface area contributed by atoms with Crippen LogP contribution >= 0.6 is 0 Å². The average Bonchev–Trinajstić information content (AvgIpc) is 2.86. The fraction of sp³-hybridized carbons (Fsp3) is 0.733. The summed E-state index contributed by atoms with van der Waals surface area (Å²) in [6.45, 7) is 6.83. The van der Waals surface area contributed by atoms with Gasteiger partial charge in [-0.05, 0) is 53.1 Å². The molecule has 1 aliphatic rings. The lowest BCUT2D eigenvalue weighted by atomic mass is 9.97. The lowest BCUT2D eigenvalue weighted by Crippen LogP contribution is -2.50. The van der Waals surface area contributed by atoms with E-state index in [0.717, 1.165) is 19.4 Å². The van der Waals surface area contributed by atoms with Gasteiger partial charge in [-0.3, -0.25) is 4.79 Å². The van der Waals surface area contributed by atoms with Gasteiger partial charge in [0.15, 0.2) is 5.76 Å². The Morgan fingerprint density at radius 3 is 2.75 bits per heavy atom. The average molecular weight is 358 g/mol. The molecule has 0 saturated carbocycles. The Bertz CT molecular complexity index is 664. The number of likely N-dealkylation sites (tertiary alicyclic amines) is 1. The van der Waals surface area contributed by atoms with Gasteiger partial charge in [-0.1, -0.05) is 5.16 Å². The van der Waals surface area contributed by atoms with Gasteiger partial charge in [-0.25, -0.2) is 8.42 Å². The first kappa shape index (κ1) is 18.9. The fourth-order valence-electron chi connectivity index (χ4n) is 3.19. The fourth-order valence-corrected chi connectivity index (χ4v) is 4.72. The van der Waals surface area contributed by atoms with Crippen LogP contribution in [0, 0.1) is 19.8 Å². The van der Waals surface area contributed by atoms with E-state index in [-0.39, 0.29) is 22.3 Å². The number of hydrogen-bond acceptors (Lipinski definition) is 6. The Kier molecular flexibility index (Phi) is 6.00. The van der Waals surface area contributed by atoms with Crippen molar-refractivity contribution >= 4 is 15.9 Å². The van der Waals surface area contributed by atoms with Crippen LogP contribution in [0.4, 0.5) is 0 Å². The molecular weight excluding hydrogens is 332 g/mol. The molecule has 1 fully saturated rings. The summed E-state index contributed by atoms with van der Waals surface area (Å²) in [5.41, 5.74) is 0.284. The lowest BCUT2D eigenvalue weighted by Gasteiger charge is -2.34. The van der Waals surface area contributed by atoms with E-state index in [1.165, 1.54) is 6.92 Å². The van der Waals surface area contributed by atoms with Gasteiger partial charge in [0.1, 0.15) is 10.6 Å². The summed E-state index contributed by atoms with van der Waals surface area (Å²) in [7, 11) is -1.96. The standard InChI is InChI=1S/C15H26N4O4S/c1-10-14(12(3)23-17-10)24(21,22)18-11(2)15(20)19-7-5-6-13(9-19)8-16-4/h11,13,16,18H,5-9H2,1-4H3. The van der Waals surface area contributed by atoms with Gasteiger partial charge in [-0.15, -0.1) is 0 Å². The monoisotopic (exact) mass is 358 g/mol. The number of aryl methyl sites for hydroxylation is 2. The summed E-state index contributed by atoms with van der Waals surface area (Å²) in [5, 5.41) is 6.79. The predicted octanol–water partition coefficient (Wildman–Crippen LogP) is 0.416. The lowest BCUT2D eigenvalue weighted by molar-refractivity contribution is -0.134. The van der Waals surface area contributed by atoms with E-state index < -0.39 is 16.1 Å². The molecule has 136 valence electrons. The van der Waals surface area contributed by atoms with E-state index in [0.29, 0.717) is 19.0 Å². The normalized spacial score (nSPS) is 20.2. The molecule has 1 aromatic heterocycles. The Morgan fingerprint density at radius 2 is 2.17 bits per heavy atom. The summed E-state index contributed by atoms with van der Waals surface area (Å²) in [5.74, 6) is 0.414. The molecule has 1 saturated heterocycles. The molecule has 0 radical (unpaired) electrons. The van der Waals surface area contributed by atoms with Crippen molar-refractivity contribution in [3.8, 4) is 0 Å². The third-order valence-electron chi connectivity index (χ3n) is 4.26. The molecule has 2 unspecified atom stereocenters. The Balaban J connectivity index is 2.06. The number of carbonyl (C=O) groups is 1. The van der Waals surface area contributed by atoms with Gasteiger partial charge >= 0.3 is 0 Å². The van der Waals surface area contributed by atoms with Gasteiger partial charge < -0.3 is 14.7 Å². The number of hydrogen-bond donors (Lipinski definition) is 2. The third kappa shape index (κ3) is 4.14. The largest absolute Gasteiger partial charge is 0.360 e. The predicted molar refractivity (Wildman–Crippen MR) is 89.0 cm³/mol. The molecule has 2 rings (SSSR count). The van der Waals surface area contributed by atoms with Crippen LogP contribution in [0.15, 0.2) is 9.42 Å². The van der Waals surface area contributed by atoms with Crippen molar-refractivity contribution in [3.05, 3.63) is 11.5 Å². The first-order chi connectivity index (χ1) is 11.3. The maximum absolute atomic E-state index is 12.6. The van der Waals surface area contributed by atoms with Crippen molar-refractivity contribution in [3.63, 3.8) is 0 Å². The molecule has 2 N–H and O–H groups in total. The Labute approximate surface area is 143 Å². The second-order valence-corrected chi connectivity index (χ2v) is 8.00. The van der Waals surface area contributed by atoms with E-state index in [1.807, 2.05) is 7.05 Å². The van der Waals surface area contributed by atoms with Crippen molar-refractivity contribution in [2.24, 2.45) is 5.92 Å². The first-order valence-electron chi connectivity index (χ1n) is 8.15. The Hall–Kier alpha value is -1.45. The summed E-state index contributed by atoms with van der Waals surface area (Å²) in [6.07, 6.45) is 2.01.